The number of benzene rings is 1. The molecular weight excluding hydrogens is 280 g/mol. The van der Waals surface area contributed by atoms with Crippen molar-refractivity contribution in [2.75, 3.05) is 0 Å². The highest BCUT2D eigenvalue weighted by Crippen LogP contribution is 2.09. The minimum atomic E-state index is -3.46. The third-order valence-corrected chi connectivity index (χ3v) is 3.97. The Labute approximate surface area is 117 Å². The normalized spacial score (nSPS) is 11.7. The maximum absolute atomic E-state index is 11.9. The number of aliphatic hydroxyl groups excluding tert-OH is 1. The van der Waals surface area contributed by atoms with Crippen molar-refractivity contribution < 1.29 is 17.9 Å². The van der Waals surface area contributed by atoms with Gasteiger partial charge in [-0.3, -0.25) is 0 Å². The molecular formula is C13H16N2O4S. The molecule has 7 heteroatoms. The standard InChI is InChI=1S/C13H16N2O4S/c1-10-6-14-13(19-10)7-15-20(17,18)9-12-4-2-11(8-16)3-5-12/h2-6,15-16H,7-9H2,1H3. The highest BCUT2D eigenvalue weighted by molar-refractivity contribution is 7.88. The summed E-state index contributed by atoms with van der Waals surface area (Å²) in [4.78, 5) is 3.93. The first-order valence-electron chi connectivity index (χ1n) is 6.06. The van der Waals surface area contributed by atoms with Crippen molar-refractivity contribution in [2.24, 2.45) is 0 Å². The molecule has 0 radical (unpaired) electrons. The molecule has 0 aliphatic carbocycles. The van der Waals surface area contributed by atoms with Gasteiger partial charge in [0.1, 0.15) is 5.76 Å². The van der Waals surface area contributed by atoms with E-state index in [0.717, 1.165) is 5.56 Å². The lowest BCUT2D eigenvalue weighted by molar-refractivity contribution is 0.282. The second-order valence-electron chi connectivity index (χ2n) is 4.42. The number of rotatable bonds is 6. The van der Waals surface area contributed by atoms with Crippen LogP contribution in [0.2, 0.25) is 0 Å². The molecule has 0 saturated heterocycles. The van der Waals surface area contributed by atoms with Crippen LogP contribution in [0.1, 0.15) is 22.8 Å². The quantitative estimate of drug-likeness (QED) is 0.832. The van der Waals surface area contributed by atoms with E-state index in [2.05, 4.69) is 9.71 Å². The highest BCUT2D eigenvalue weighted by atomic mass is 32.2. The molecule has 0 atom stereocenters. The fraction of sp³-hybridized carbons (Fsp3) is 0.308. The average Bonchev–Trinajstić information content (AvgIpc) is 2.83. The number of oxazole rings is 1. The molecule has 20 heavy (non-hydrogen) atoms. The monoisotopic (exact) mass is 296 g/mol. The van der Waals surface area contributed by atoms with E-state index in [9.17, 15) is 8.42 Å². The molecule has 108 valence electrons. The first-order valence-corrected chi connectivity index (χ1v) is 7.71. The number of sulfonamides is 1. The van der Waals surface area contributed by atoms with E-state index >= 15 is 0 Å². The van der Waals surface area contributed by atoms with Gasteiger partial charge in [0, 0.05) is 0 Å². The summed E-state index contributed by atoms with van der Waals surface area (Å²) in [5.41, 5.74) is 1.40. The maximum atomic E-state index is 11.9. The van der Waals surface area contributed by atoms with Gasteiger partial charge >= 0.3 is 0 Å². The van der Waals surface area contributed by atoms with Gasteiger partial charge in [-0.1, -0.05) is 24.3 Å². The second kappa shape index (κ2) is 6.17. The average molecular weight is 296 g/mol. The van der Waals surface area contributed by atoms with Crippen molar-refractivity contribution in [3.05, 3.63) is 53.2 Å². The predicted molar refractivity (Wildman–Crippen MR) is 73.1 cm³/mol. The number of nitrogens with one attached hydrogen (secondary N) is 1. The van der Waals surface area contributed by atoms with Crippen LogP contribution in [-0.2, 0) is 28.9 Å². The van der Waals surface area contributed by atoms with Crippen molar-refractivity contribution in [3.63, 3.8) is 0 Å². The minimum absolute atomic E-state index is 0.0326. The van der Waals surface area contributed by atoms with Crippen LogP contribution in [0.15, 0.2) is 34.9 Å². The molecule has 6 nitrogen and oxygen atoms in total. The molecule has 0 bridgehead atoms. The Kier molecular flexibility index (Phi) is 4.53. The lowest BCUT2D eigenvalue weighted by Gasteiger charge is -2.05. The summed E-state index contributed by atoms with van der Waals surface area (Å²) in [7, 11) is -3.46. The van der Waals surface area contributed by atoms with Gasteiger partial charge in [0.25, 0.3) is 0 Å². The molecule has 1 aromatic heterocycles. The first kappa shape index (κ1) is 14.7. The summed E-state index contributed by atoms with van der Waals surface area (Å²) in [6.07, 6.45) is 1.54. The molecule has 1 heterocycles. The summed E-state index contributed by atoms with van der Waals surface area (Å²) >= 11 is 0. The van der Waals surface area contributed by atoms with E-state index in [4.69, 9.17) is 9.52 Å². The Balaban J connectivity index is 1.96. The zero-order chi connectivity index (χ0) is 14.6. The van der Waals surface area contributed by atoms with E-state index in [0.29, 0.717) is 17.2 Å². The van der Waals surface area contributed by atoms with E-state index < -0.39 is 10.0 Å². The molecule has 2 N–H and O–H groups in total. The molecule has 2 aromatic rings. The lowest BCUT2D eigenvalue weighted by Crippen LogP contribution is -2.24. The van der Waals surface area contributed by atoms with Crippen molar-refractivity contribution in [2.45, 2.75) is 25.8 Å². The molecule has 1 aromatic carbocycles. The van der Waals surface area contributed by atoms with Crippen molar-refractivity contribution in [3.8, 4) is 0 Å². The van der Waals surface area contributed by atoms with Gasteiger partial charge in [-0.15, -0.1) is 0 Å². The van der Waals surface area contributed by atoms with E-state index in [1.807, 2.05) is 0 Å². The molecule has 2 rings (SSSR count). The Morgan fingerprint density at radius 3 is 2.45 bits per heavy atom. The van der Waals surface area contributed by atoms with E-state index in [1.54, 1.807) is 31.2 Å². The molecule has 0 unspecified atom stereocenters. The summed E-state index contributed by atoms with van der Waals surface area (Å²) in [6, 6.07) is 6.75. The van der Waals surface area contributed by atoms with Gasteiger partial charge in [-0.05, 0) is 18.1 Å². The molecule has 0 aliphatic heterocycles. The van der Waals surface area contributed by atoms with Crippen LogP contribution in [0.5, 0.6) is 0 Å². The summed E-state index contributed by atoms with van der Waals surface area (Å²) in [6.45, 7) is 1.72. The Hall–Kier alpha value is -1.70. The molecule has 0 saturated carbocycles. The van der Waals surface area contributed by atoms with Gasteiger partial charge in [0.05, 0.1) is 25.1 Å². The summed E-state index contributed by atoms with van der Waals surface area (Å²) in [5, 5.41) is 8.93. The fourth-order valence-corrected chi connectivity index (χ4v) is 2.74. The van der Waals surface area contributed by atoms with Crippen LogP contribution < -0.4 is 4.72 Å². The van der Waals surface area contributed by atoms with Gasteiger partial charge < -0.3 is 9.52 Å². The topological polar surface area (TPSA) is 92.4 Å². The zero-order valence-electron chi connectivity index (χ0n) is 11.0. The number of aryl methyl sites for hydroxylation is 1. The molecule has 0 amide bonds. The Morgan fingerprint density at radius 2 is 1.90 bits per heavy atom. The SMILES string of the molecule is Cc1cnc(CNS(=O)(=O)Cc2ccc(CO)cc2)o1. The van der Waals surface area contributed by atoms with Crippen LogP contribution in [0.4, 0.5) is 0 Å². The summed E-state index contributed by atoms with van der Waals surface area (Å²) < 4.78 is 31.4. The third kappa shape index (κ3) is 4.16. The largest absolute Gasteiger partial charge is 0.445 e. The third-order valence-electron chi connectivity index (χ3n) is 2.67. The number of hydrogen-bond acceptors (Lipinski definition) is 5. The Morgan fingerprint density at radius 1 is 1.25 bits per heavy atom. The van der Waals surface area contributed by atoms with Gasteiger partial charge in [0.15, 0.2) is 0 Å². The number of hydrogen-bond donors (Lipinski definition) is 2. The fourth-order valence-electron chi connectivity index (χ4n) is 1.67. The second-order valence-corrected chi connectivity index (χ2v) is 6.23. The summed E-state index contributed by atoms with van der Waals surface area (Å²) in [5.74, 6) is 0.846. The van der Waals surface area contributed by atoms with Gasteiger partial charge in [-0.2, -0.15) is 0 Å². The van der Waals surface area contributed by atoms with Crippen molar-refractivity contribution >= 4 is 10.0 Å². The molecule has 0 aliphatic rings. The van der Waals surface area contributed by atoms with Crippen molar-refractivity contribution in [1.29, 1.82) is 0 Å². The molecule has 0 fully saturated rings. The van der Waals surface area contributed by atoms with Gasteiger partial charge in [0.2, 0.25) is 15.9 Å². The zero-order valence-corrected chi connectivity index (χ0v) is 11.9. The van der Waals surface area contributed by atoms with Crippen LogP contribution in [0.3, 0.4) is 0 Å². The smallest absolute Gasteiger partial charge is 0.216 e. The van der Waals surface area contributed by atoms with Crippen LogP contribution in [-0.4, -0.2) is 18.5 Å². The van der Waals surface area contributed by atoms with Gasteiger partial charge in [-0.25, -0.2) is 18.1 Å². The highest BCUT2D eigenvalue weighted by Gasteiger charge is 2.13. The number of nitrogens with zero attached hydrogens (tertiary/aromatic N) is 1. The maximum Gasteiger partial charge on any atom is 0.216 e. The van der Waals surface area contributed by atoms with Crippen molar-refractivity contribution in [1.82, 2.24) is 9.71 Å². The first-order chi connectivity index (χ1) is 9.48. The Bertz CT molecular complexity index is 662. The van der Waals surface area contributed by atoms with Crippen LogP contribution in [0, 0.1) is 6.92 Å². The lowest BCUT2D eigenvalue weighted by atomic mass is 10.2. The number of aliphatic hydroxyl groups is 1. The molecule has 0 spiro atoms. The minimum Gasteiger partial charge on any atom is -0.445 e. The van der Waals surface area contributed by atoms with E-state index in [1.165, 1.54) is 6.20 Å². The predicted octanol–water partition coefficient (Wildman–Crippen LogP) is 1.09. The van der Waals surface area contributed by atoms with Crippen LogP contribution >= 0.6 is 0 Å². The number of aromatic nitrogens is 1. The van der Waals surface area contributed by atoms with Crippen LogP contribution in [0.25, 0.3) is 0 Å². The van der Waals surface area contributed by atoms with E-state index in [-0.39, 0.29) is 18.9 Å².